The molecule has 1 radical (unpaired) electrons. The predicted octanol–water partition coefficient (Wildman–Crippen LogP) is -5.45. The second kappa shape index (κ2) is 9.96. The Hall–Kier alpha value is 1.84. The van der Waals surface area contributed by atoms with Crippen molar-refractivity contribution in [1.82, 2.24) is 0 Å². The van der Waals surface area contributed by atoms with Crippen molar-refractivity contribution < 1.29 is 101 Å². The Labute approximate surface area is 104 Å². The van der Waals surface area contributed by atoms with Crippen LogP contribution in [-0.4, -0.2) is 6.16 Å². The third-order valence-electron chi connectivity index (χ3n) is 0. The van der Waals surface area contributed by atoms with Gasteiger partial charge in [-0.3, -0.25) is 0 Å². The van der Waals surface area contributed by atoms with Crippen molar-refractivity contribution in [3.8, 4) is 0 Å². The van der Waals surface area contributed by atoms with Gasteiger partial charge in [-0.05, 0) is 6.16 Å². The molecule has 0 aliphatic carbocycles. The fraction of sp³-hybridized carbons (Fsp3) is 0. The topological polar surface area (TPSA) is 63.2 Å². The van der Waals surface area contributed by atoms with Crippen LogP contribution in [0.1, 0.15) is 0 Å². The number of carboxylic acid groups (broad SMARTS) is 2. The summed E-state index contributed by atoms with van der Waals surface area (Å²) >= 11 is 0. The Bertz CT molecular complexity index is 33.8. The molecule has 5 heteroatoms. The first-order valence-electron chi connectivity index (χ1n) is 0.612. The van der Waals surface area contributed by atoms with Crippen molar-refractivity contribution >= 4 is 6.16 Å². The first-order chi connectivity index (χ1) is 1.73. The molecule has 0 fully saturated rings. The van der Waals surface area contributed by atoms with Crippen LogP contribution in [0.25, 0.3) is 0 Å². The zero-order valence-electron chi connectivity index (χ0n) is 3.03. The van der Waals surface area contributed by atoms with Crippen molar-refractivity contribution in [2.75, 3.05) is 0 Å². The Kier molecular flexibility index (Phi) is 26.0. The zero-order chi connectivity index (χ0) is 3.58. The Morgan fingerprint density at radius 1 is 1.33 bits per heavy atom. The average Bonchev–Trinajstić information content (AvgIpc) is 0.811. The van der Waals surface area contributed by atoms with Gasteiger partial charge in [-0.2, -0.15) is 0 Å². The molecule has 3 nitrogen and oxygen atoms in total. The minimum atomic E-state index is -2.33. The molecule has 0 spiro atoms. The molecule has 0 heterocycles. The second-order valence-corrected chi connectivity index (χ2v) is 0.250. The van der Waals surface area contributed by atoms with E-state index in [2.05, 4.69) is 0 Å². The van der Waals surface area contributed by atoms with Gasteiger partial charge in [0.25, 0.3) is 0 Å². The van der Waals surface area contributed by atoms with Crippen molar-refractivity contribution in [3.05, 3.63) is 0 Å². The second-order valence-electron chi connectivity index (χ2n) is 0.250. The van der Waals surface area contributed by atoms with E-state index < -0.39 is 6.16 Å². The van der Waals surface area contributed by atoms with E-state index in [4.69, 9.17) is 15.0 Å². The molecule has 0 aromatic heterocycles. The summed E-state index contributed by atoms with van der Waals surface area (Å²) in [4.78, 5) is 8.33. The molecule has 0 amide bonds. The summed E-state index contributed by atoms with van der Waals surface area (Å²) in [5.41, 5.74) is 0. The van der Waals surface area contributed by atoms with Gasteiger partial charge in [0, 0.05) is 0 Å². The van der Waals surface area contributed by atoms with Crippen molar-refractivity contribution in [1.29, 1.82) is 0 Å². The molecule has 0 aliphatic heterocycles. The van der Waals surface area contributed by atoms with Crippen molar-refractivity contribution in [2.24, 2.45) is 0 Å². The maximum Gasteiger partial charge on any atom is 2.00 e. The average molecular weight is 256 g/mol. The molecular formula is CCsCuO3+. The molecule has 6 heavy (non-hydrogen) atoms. The molecule has 0 bridgehead atoms. The SMILES string of the molecule is O=C([O-])[O-].[Cs+].[Cu+2]. The van der Waals surface area contributed by atoms with E-state index in [0.717, 1.165) is 0 Å². The summed E-state index contributed by atoms with van der Waals surface area (Å²) in [6, 6.07) is 0. The first kappa shape index (κ1) is 15.7. The Morgan fingerprint density at radius 3 is 1.33 bits per heavy atom. The predicted molar refractivity (Wildman–Crippen MR) is 5.40 cm³/mol. The van der Waals surface area contributed by atoms with E-state index in [1.807, 2.05) is 0 Å². The molecule has 0 aliphatic rings. The van der Waals surface area contributed by atoms with Gasteiger partial charge in [0.05, 0.1) is 0 Å². The van der Waals surface area contributed by atoms with Crippen LogP contribution in [-0.2, 0) is 17.1 Å². The van der Waals surface area contributed by atoms with Crippen LogP contribution in [0, 0.1) is 0 Å². The molecule has 0 rings (SSSR count). The van der Waals surface area contributed by atoms with E-state index in [1.165, 1.54) is 0 Å². The van der Waals surface area contributed by atoms with Crippen LogP contribution in [0.3, 0.4) is 0 Å². The van der Waals surface area contributed by atoms with Gasteiger partial charge in [0.15, 0.2) is 0 Å². The maximum absolute atomic E-state index is 8.33. The van der Waals surface area contributed by atoms with Crippen molar-refractivity contribution in [2.45, 2.75) is 0 Å². The third kappa shape index (κ3) is 40.4. The van der Waals surface area contributed by atoms with E-state index in [0.29, 0.717) is 0 Å². The zero-order valence-corrected chi connectivity index (χ0v) is 10.2. The van der Waals surface area contributed by atoms with Crippen LogP contribution in [0.5, 0.6) is 0 Å². The molecular weight excluding hydrogens is 256 g/mol. The molecule has 0 N–H and O–H groups in total. The summed E-state index contributed by atoms with van der Waals surface area (Å²) in [5, 5.41) is 16.7. The standard InChI is InChI=1S/CH2O3.Cs.Cu/c2-1(3)4;;/h(H2,2,3,4);;/q;+1;+2/p-2. The summed E-state index contributed by atoms with van der Waals surface area (Å²) in [6.07, 6.45) is -2.33. The van der Waals surface area contributed by atoms with Gasteiger partial charge in [0.1, 0.15) is 0 Å². The maximum atomic E-state index is 8.33. The number of hydrogen-bond acceptors (Lipinski definition) is 3. The number of rotatable bonds is 0. The smallest absolute Gasteiger partial charge is 0.652 e. The molecule has 0 saturated heterocycles. The first-order valence-corrected chi connectivity index (χ1v) is 0.612. The van der Waals surface area contributed by atoms with Crippen molar-refractivity contribution in [3.63, 3.8) is 0 Å². The minimum Gasteiger partial charge on any atom is -0.652 e. The number of carbonyl (C=O) groups is 1. The van der Waals surface area contributed by atoms with Crippen LogP contribution < -0.4 is 79.1 Å². The van der Waals surface area contributed by atoms with E-state index in [-0.39, 0.29) is 86.0 Å². The Morgan fingerprint density at radius 2 is 1.33 bits per heavy atom. The number of carbonyl (C=O) groups excluding carboxylic acids is 1. The van der Waals surface area contributed by atoms with Gasteiger partial charge in [-0.25, -0.2) is 0 Å². The van der Waals surface area contributed by atoms with Crippen LogP contribution in [0.4, 0.5) is 4.79 Å². The van der Waals surface area contributed by atoms with Crippen LogP contribution in [0.2, 0.25) is 0 Å². The van der Waals surface area contributed by atoms with E-state index >= 15 is 0 Å². The van der Waals surface area contributed by atoms with Gasteiger partial charge in [-0.15, -0.1) is 0 Å². The largest absolute Gasteiger partial charge is 2.00 e. The molecule has 0 aromatic carbocycles. The van der Waals surface area contributed by atoms with Gasteiger partial charge < -0.3 is 15.0 Å². The molecule has 0 unspecified atom stereocenters. The van der Waals surface area contributed by atoms with Gasteiger partial charge >= 0.3 is 86.0 Å². The summed E-state index contributed by atoms with van der Waals surface area (Å²) in [7, 11) is 0. The molecule has 0 aromatic rings. The fourth-order valence-electron chi connectivity index (χ4n) is 0. The Balaban J connectivity index is -0.0000000450. The normalized spacial score (nSPS) is 4.00. The van der Waals surface area contributed by atoms with Crippen LogP contribution in [0.15, 0.2) is 0 Å². The minimum absolute atomic E-state index is 0. The number of hydrogen-bond donors (Lipinski definition) is 0. The fourth-order valence-corrected chi connectivity index (χ4v) is 0. The molecule has 33 valence electrons. The summed E-state index contributed by atoms with van der Waals surface area (Å²) < 4.78 is 0. The van der Waals surface area contributed by atoms with Gasteiger partial charge in [-0.1, -0.05) is 0 Å². The molecule has 0 atom stereocenters. The van der Waals surface area contributed by atoms with Crippen LogP contribution >= 0.6 is 0 Å². The van der Waals surface area contributed by atoms with E-state index in [1.54, 1.807) is 0 Å². The monoisotopic (exact) mass is 256 g/mol. The summed E-state index contributed by atoms with van der Waals surface area (Å²) in [5.74, 6) is 0. The quantitative estimate of drug-likeness (QED) is 0.406. The summed E-state index contributed by atoms with van der Waals surface area (Å²) in [6.45, 7) is 0. The third-order valence-corrected chi connectivity index (χ3v) is 0. The van der Waals surface area contributed by atoms with E-state index in [9.17, 15) is 0 Å². The molecule has 0 saturated carbocycles. The van der Waals surface area contributed by atoms with Gasteiger partial charge in [0.2, 0.25) is 0 Å².